The van der Waals surface area contributed by atoms with Crippen LogP contribution < -0.4 is 0 Å². The van der Waals surface area contributed by atoms with Gasteiger partial charge in [0.1, 0.15) is 5.60 Å². The first-order chi connectivity index (χ1) is 11.4. The molecule has 0 aliphatic heterocycles. The second-order valence-corrected chi connectivity index (χ2v) is 9.58. The van der Waals surface area contributed by atoms with Crippen LogP contribution in [0.15, 0.2) is 5.16 Å². The van der Waals surface area contributed by atoms with Gasteiger partial charge in [0.2, 0.25) is 0 Å². The molecule has 1 unspecified atom stereocenters. The Morgan fingerprint density at radius 2 is 1.88 bits per heavy atom. The molecule has 0 aromatic heterocycles. The number of terminal acetylenes is 1. The molecule has 0 saturated heterocycles. The summed E-state index contributed by atoms with van der Waals surface area (Å²) < 4.78 is 0. The molecule has 7 atom stereocenters. The van der Waals surface area contributed by atoms with E-state index in [-0.39, 0.29) is 5.41 Å². The highest BCUT2D eigenvalue weighted by molar-refractivity contribution is 5.91. The minimum Gasteiger partial charge on any atom is -0.411 e. The minimum atomic E-state index is -0.871. The first-order valence-corrected chi connectivity index (χ1v) is 9.78. The van der Waals surface area contributed by atoms with Gasteiger partial charge in [0, 0.05) is 5.41 Å². The van der Waals surface area contributed by atoms with Crippen LogP contribution in [0.4, 0.5) is 0 Å². The van der Waals surface area contributed by atoms with Gasteiger partial charge in [-0.2, -0.15) is 0 Å². The van der Waals surface area contributed by atoms with Gasteiger partial charge in [0.05, 0.1) is 5.71 Å². The van der Waals surface area contributed by atoms with Crippen LogP contribution in [-0.4, -0.2) is 21.6 Å². The van der Waals surface area contributed by atoms with Gasteiger partial charge in [0.15, 0.2) is 0 Å². The number of aliphatic hydroxyl groups is 1. The van der Waals surface area contributed by atoms with E-state index in [1.165, 1.54) is 25.7 Å². The predicted octanol–water partition coefficient (Wildman–Crippen LogP) is 4.22. The summed E-state index contributed by atoms with van der Waals surface area (Å²) in [5.41, 5.74) is 0.618. The molecule has 0 bridgehead atoms. The zero-order valence-electron chi connectivity index (χ0n) is 15.1. The Morgan fingerprint density at radius 3 is 2.58 bits per heavy atom. The molecule has 4 fully saturated rings. The van der Waals surface area contributed by atoms with Gasteiger partial charge < -0.3 is 10.3 Å². The van der Waals surface area contributed by atoms with Crippen LogP contribution >= 0.6 is 0 Å². The normalized spacial score (nSPS) is 55.3. The Bertz CT molecular complexity index is 607. The van der Waals surface area contributed by atoms with E-state index in [0.717, 1.165) is 49.7 Å². The van der Waals surface area contributed by atoms with E-state index in [1.54, 1.807) is 0 Å². The van der Waals surface area contributed by atoms with Gasteiger partial charge in [-0.15, -0.1) is 6.42 Å². The zero-order chi connectivity index (χ0) is 17.2. The molecular formula is C21H31NO2. The van der Waals surface area contributed by atoms with Gasteiger partial charge in [-0.1, -0.05) is 24.9 Å². The second-order valence-electron chi connectivity index (χ2n) is 9.58. The van der Waals surface area contributed by atoms with Crippen molar-refractivity contribution in [2.75, 3.05) is 0 Å². The highest BCUT2D eigenvalue weighted by Gasteiger charge is 2.60. The summed E-state index contributed by atoms with van der Waals surface area (Å²) in [5, 5.41) is 23.7. The molecule has 4 saturated carbocycles. The quantitative estimate of drug-likeness (QED) is 0.397. The Morgan fingerprint density at radius 1 is 1.08 bits per heavy atom. The minimum absolute atomic E-state index is 0.118. The summed E-state index contributed by atoms with van der Waals surface area (Å²) in [6.07, 6.45) is 15.2. The molecule has 3 heteroatoms. The van der Waals surface area contributed by atoms with Crippen LogP contribution in [0.1, 0.15) is 71.6 Å². The number of oxime groups is 1. The van der Waals surface area contributed by atoms with Crippen LogP contribution in [0.25, 0.3) is 0 Å². The number of fused-ring (bicyclic) bond motifs is 5. The van der Waals surface area contributed by atoms with Crippen molar-refractivity contribution in [3.63, 3.8) is 0 Å². The standard InChI is InChI=1S/C21H31NO2/c1-4-21(23)12-11-19(2)14(13-21)5-6-15-16-7-8-18(22-24)20(16,3)10-9-17(15)19/h1,14-17,23-24H,5-13H2,2-3H3/t14?,15-,16-,17-,19-,20-,21-/m0/s1. The molecule has 0 aromatic rings. The average Bonchev–Trinajstić information content (AvgIpc) is 2.92. The van der Waals surface area contributed by atoms with E-state index in [0.29, 0.717) is 17.3 Å². The molecule has 4 aliphatic rings. The Hall–Kier alpha value is -1.01. The van der Waals surface area contributed by atoms with E-state index < -0.39 is 5.60 Å². The molecule has 0 aromatic carbocycles. The highest BCUT2D eigenvalue weighted by atomic mass is 16.4. The molecule has 3 nitrogen and oxygen atoms in total. The largest absolute Gasteiger partial charge is 0.411 e. The number of hydrogen-bond acceptors (Lipinski definition) is 3. The van der Waals surface area contributed by atoms with E-state index in [4.69, 9.17) is 6.42 Å². The van der Waals surface area contributed by atoms with Crippen molar-refractivity contribution in [1.82, 2.24) is 0 Å². The zero-order valence-corrected chi connectivity index (χ0v) is 15.1. The van der Waals surface area contributed by atoms with Crippen molar-refractivity contribution in [3.8, 4) is 12.3 Å². The third-order valence-corrected chi connectivity index (χ3v) is 8.86. The van der Waals surface area contributed by atoms with Crippen molar-refractivity contribution in [3.05, 3.63) is 0 Å². The van der Waals surface area contributed by atoms with Crippen LogP contribution in [-0.2, 0) is 0 Å². The molecule has 4 rings (SSSR count). The Balaban J connectivity index is 1.62. The molecule has 0 radical (unpaired) electrons. The molecule has 0 heterocycles. The number of nitrogens with zero attached hydrogens (tertiary/aromatic N) is 1. The SMILES string of the molecule is C#C[C@]1(O)CC[C@@]2(C)C(CC[C@@H]3[C@@H]2CC[C@]2(C)C(=NO)CC[C@@H]32)C1. The molecule has 24 heavy (non-hydrogen) atoms. The maximum Gasteiger partial charge on any atom is 0.125 e. The molecule has 0 spiro atoms. The van der Waals surface area contributed by atoms with Gasteiger partial charge in [0.25, 0.3) is 0 Å². The third-order valence-electron chi connectivity index (χ3n) is 8.86. The summed E-state index contributed by atoms with van der Waals surface area (Å²) in [7, 11) is 0. The number of rotatable bonds is 0. The third kappa shape index (κ3) is 2.05. The van der Waals surface area contributed by atoms with Crippen LogP contribution in [0.3, 0.4) is 0 Å². The van der Waals surface area contributed by atoms with Gasteiger partial charge in [-0.05, 0) is 86.9 Å². The Kier molecular flexibility index (Phi) is 3.59. The van der Waals surface area contributed by atoms with Crippen molar-refractivity contribution in [2.24, 2.45) is 39.7 Å². The molecular weight excluding hydrogens is 298 g/mol. The maximum atomic E-state index is 10.6. The van der Waals surface area contributed by atoms with Gasteiger partial charge in [-0.3, -0.25) is 0 Å². The van der Waals surface area contributed by atoms with Crippen molar-refractivity contribution < 1.29 is 10.3 Å². The topological polar surface area (TPSA) is 52.8 Å². The van der Waals surface area contributed by atoms with Crippen LogP contribution in [0.5, 0.6) is 0 Å². The lowest BCUT2D eigenvalue weighted by molar-refractivity contribution is -0.127. The first kappa shape index (κ1) is 16.5. The lowest BCUT2D eigenvalue weighted by Crippen LogP contribution is -2.55. The summed E-state index contributed by atoms with van der Waals surface area (Å²) in [5.74, 6) is 5.40. The summed E-state index contributed by atoms with van der Waals surface area (Å²) in [6, 6.07) is 0. The predicted molar refractivity (Wildman–Crippen MR) is 94.7 cm³/mol. The smallest absolute Gasteiger partial charge is 0.125 e. The van der Waals surface area contributed by atoms with Gasteiger partial charge in [-0.25, -0.2) is 0 Å². The first-order valence-electron chi connectivity index (χ1n) is 9.78. The molecule has 2 N–H and O–H groups in total. The van der Waals surface area contributed by atoms with E-state index in [1.807, 2.05) is 0 Å². The molecule has 132 valence electrons. The van der Waals surface area contributed by atoms with Crippen molar-refractivity contribution >= 4 is 5.71 Å². The summed E-state index contributed by atoms with van der Waals surface area (Å²) >= 11 is 0. The molecule has 0 amide bonds. The van der Waals surface area contributed by atoms with Crippen molar-refractivity contribution in [1.29, 1.82) is 0 Å². The fourth-order valence-corrected chi connectivity index (χ4v) is 7.33. The van der Waals surface area contributed by atoms with Crippen molar-refractivity contribution in [2.45, 2.75) is 77.2 Å². The van der Waals surface area contributed by atoms with Gasteiger partial charge >= 0.3 is 0 Å². The highest BCUT2D eigenvalue weighted by Crippen LogP contribution is 2.66. The monoisotopic (exact) mass is 329 g/mol. The second kappa shape index (κ2) is 5.24. The lowest BCUT2D eigenvalue weighted by Gasteiger charge is -2.61. The van der Waals surface area contributed by atoms with E-state index in [2.05, 4.69) is 24.9 Å². The van der Waals surface area contributed by atoms with Crippen LogP contribution in [0, 0.1) is 46.8 Å². The Labute approximate surface area is 145 Å². The summed E-state index contributed by atoms with van der Waals surface area (Å²) in [4.78, 5) is 0. The number of hydrogen-bond donors (Lipinski definition) is 2. The van der Waals surface area contributed by atoms with E-state index in [9.17, 15) is 10.3 Å². The molecule has 4 aliphatic carbocycles. The fraction of sp³-hybridized carbons (Fsp3) is 0.857. The van der Waals surface area contributed by atoms with E-state index >= 15 is 0 Å². The fourth-order valence-electron chi connectivity index (χ4n) is 7.33. The summed E-state index contributed by atoms with van der Waals surface area (Å²) in [6.45, 7) is 4.81. The maximum absolute atomic E-state index is 10.6. The lowest BCUT2D eigenvalue weighted by atomic mass is 9.44. The van der Waals surface area contributed by atoms with Crippen LogP contribution in [0.2, 0.25) is 0 Å². The average molecular weight is 329 g/mol.